The number of hydrogen-bond donors (Lipinski definition) is 1. The van der Waals surface area contributed by atoms with Gasteiger partial charge in [0, 0.05) is 26.2 Å². The van der Waals surface area contributed by atoms with E-state index in [1.165, 1.54) is 64.8 Å². The van der Waals surface area contributed by atoms with Crippen molar-refractivity contribution in [1.29, 1.82) is 0 Å². The summed E-state index contributed by atoms with van der Waals surface area (Å²) in [5.74, 6) is 2.10. The lowest BCUT2D eigenvalue weighted by Crippen LogP contribution is -2.35. The van der Waals surface area contributed by atoms with Crippen LogP contribution in [0.4, 0.5) is 0 Å². The van der Waals surface area contributed by atoms with Crippen LogP contribution >= 0.6 is 0 Å². The van der Waals surface area contributed by atoms with Crippen LogP contribution in [0, 0.1) is 11.8 Å². The Balaban J connectivity index is 1.57. The second kappa shape index (κ2) is 5.86. The van der Waals surface area contributed by atoms with Crippen LogP contribution < -0.4 is 5.32 Å². The molecule has 2 fully saturated rings. The van der Waals surface area contributed by atoms with Crippen molar-refractivity contribution in [2.45, 2.75) is 39.0 Å². The van der Waals surface area contributed by atoms with Gasteiger partial charge in [-0.05, 0) is 50.5 Å². The summed E-state index contributed by atoms with van der Waals surface area (Å²) in [6.45, 7) is 8.63. The molecule has 0 bridgehead atoms. The van der Waals surface area contributed by atoms with E-state index in [9.17, 15) is 0 Å². The third-order valence-electron chi connectivity index (χ3n) is 3.46. The summed E-state index contributed by atoms with van der Waals surface area (Å²) >= 11 is 0. The van der Waals surface area contributed by atoms with E-state index in [1.807, 2.05) is 0 Å². The van der Waals surface area contributed by atoms with Gasteiger partial charge in [0.2, 0.25) is 0 Å². The van der Waals surface area contributed by atoms with Crippen molar-refractivity contribution < 1.29 is 0 Å². The Morgan fingerprint density at radius 1 is 1.00 bits per heavy atom. The molecule has 88 valence electrons. The Labute approximate surface area is 94.4 Å². The predicted molar refractivity (Wildman–Crippen MR) is 65.0 cm³/mol. The van der Waals surface area contributed by atoms with E-state index >= 15 is 0 Å². The van der Waals surface area contributed by atoms with E-state index in [-0.39, 0.29) is 0 Å². The largest absolute Gasteiger partial charge is 0.315 e. The zero-order valence-corrected chi connectivity index (χ0v) is 10.2. The van der Waals surface area contributed by atoms with Crippen LogP contribution in [0.15, 0.2) is 0 Å². The zero-order valence-electron chi connectivity index (χ0n) is 10.2. The van der Waals surface area contributed by atoms with Gasteiger partial charge in [0.1, 0.15) is 0 Å². The van der Waals surface area contributed by atoms with Gasteiger partial charge < -0.3 is 10.2 Å². The van der Waals surface area contributed by atoms with Crippen LogP contribution in [0.2, 0.25) is 0 Å². The summed E-state index contributed by atoms with van der Waals surface area (Å²) in [6, 6.07) is 0. The standard InChI is InChI=1S/C13H26N2/c1-2-7-14-8-9-15(10-12-3-4-12)11-13-5-6-13/h12-14H,2-11H2,1H3. The van der Waals surface area contributed by atoms with Crippen molar-refractivity contribution in [3.05, 3.63) is 0 Å². The maximum atomic E-state index is 3.51. The Morgan fingerprint density at radius 3 is 2.07 bits per heavy atom. The van der Waals surface area contributed by atoms with Gasteiger partial charge in [0.25, 0.3) is 0 Å². The number of nitrogens with zero attached hydrogens (tertiary/aromatic N) is 1. The first-order chi connectivity index (χ1) is 7.38. The van der Waals surface area contributed by atoms with E-state index in [1.54, 1.807) is 0 Å². The van der Waals surface area contributed by atoms with Crippen molar-refractivity contribution in [3.8, 4) is 0 Å². The minimum Gasteiger partial charge on any atom is -0.315 e. The molecule has 0 aromatic heterocycles. The topological polar surface area (TPSA) is 15.3 Å². The summed E-state index contributed by atoms with van der Waals surface area (Å²) in [4.78, 5) is 2.71. The average molecular weight is 210 g/mol. The SMILES string of the molecule is CCCNCCN(CC1CC1)CC1CC1. The van der Waals surface area contributed by atoms with E-state index in [0.29, 0.717) is 0 Å². The highest BCUT2D eigenvalue weighted by atomic mass is 15.1. The normalized spacial score (nSPS) is 21.2. The fourth-order valence-electron chi connectivity index (χ4n) is 2.13. The van der Waals surface area contributed by atoms with E-state index in [4.69, 9.17) is 0 Å². The zero-order chi connectivity index (χ0) is 10.5. The second-order valence-corrected chi connectivity index (χ2v) is 5.40. The Hall–Kier alpha value is -0.0800. The lowest BCUT2D eigenvalue weighted by Gasteiger charge is -2.22. The molecule has 0 aliphatic heterocycles. The van der Waals surface area contributed by atoms with Gasteiger partial charge in [-0.1, -0.05) is 6.92 Å². The van der Waals surface area contributed by atoms with Gasteiger partial charge in [-0.3, -0.25) is 0 Å². The molecule has 0 aromatic carbocycles. The Kier molecular flexibility index (Phi) is 4.45. The van der Waals surface area contributed by atoms with E-state index in [2.05, 4.69) is 17.1 Å². The molecule has 2 heteroatoms. The van der Waals surface area contributed by atoms with Gasteiger partial charge >= 0.3 is 0 Å². The van der Waals surface area contributed by atoms with E-state index in [0.717, 1.165) is 11.8 Å². The van der Waals surface area contributed by atoms with Gasteiger partial charge in [-0.25, -0.2) is 0 Å². The molecule has 2 saturated carbocycles. The molecular formula is C13H26N2. The first-order valence-electron chi connectivity index (χ1n) is 6.81. The minimum absolute atomic E-state index is 1.05. The van der Waals surface area contributed by atoms with Crippen LogP contribution in [0.25, 0.3) is 0 Å². The van der Waals surface area contributed by atoms with Crippen molar-refractivity contribution in [1.82, 2.24) is 10.2 Å². The molecule has 2 aliphatic carbocycles. The Bertz CT molecular complexity index is 159. The summed E-state index contributed by atoms with van der Waals surface area (Å²) in [6.07, 6.45) is 7.21. The smallest absolute Gasteiger partial charge is 0.0107 e. The van der Waals surface area contributed by atoms with E-state index < -0.39 is 0 Å². The van der Waals surface area contributed by atoms with Crippen LogP contribution in [-0.4, -0.2) is 37.6 Å². The van der Waals surface area contributed by atoms with Crippen molar-refractivity contribution in [3.63, 3.8) is 0 Å². The molecule has 2 rings (SSSR count). The summed E-state index contributed by atoms with van der Waals surface area (Å²) in [7, 11) is 0. The Morgan fingerprint density at radius 2 is 1.60 bits per heavy atom. The minimum atomic E-state index is 1.05. The molecule has 0 spiro atoms. The number of rotatable bonds is 9. The molecule has 0 aromatic rings. The van der Waals surface area contributed by atoms with Crippen molar-refractivity contribution >= 4 is 0 Å². The molecule has 2 nitrogen and oxygen atoms in total. The first kappa shape index (κ1) is 11.4. The highest BCUT2D eigenvalue weighted by Crippen LogP contribution is 2.33. The van der Waals surface area contributed by atoms with Gasteiger partial charge in [-0.2, -0.15) is 0 Å². The molecule has 15 heavy (non-hydrogen) atoms. The third kappa shape index (κ3) is 4.98. The molecule has 0 unspecified atom stereocenters. The van der Waals surface area contributed by atoms with Crippen LogP contribution in [0.1, 0.15) is 39.0 Å². The van der Waals surface area contributed by atoms with Gasteiger partial charge in [0.15, 0.2) is 0 Å². The van der Waals surface area contributed by atoms with Crippen LogP contribution in [0.5, 0.6) is 0 Å². The molecule has 0 saturated heterocycles. The highest BCUT2D eigenvalue weighted by Gasteiger charge is 2.28. The molecule has 0 atom stereocenters. The average Bonchev–Trinajstić information content (AvgIpc) is 3.07. The molecule has 1 N–H and O–H groups in total. The van der Waals surface area contributed by atoms with Gasteiger partial charge in [0.05, 0.1) is 0 Å². The number of nitrogens with one attached hydrogen (secondary N) is 1. The third-order valence-corrected chi connectivity index (χ3v) is 3.46. The predicted octanol–water partition coefficient (Wildman–Crippen LogP) is 2.11. The molecule has 0 radical (unpaired) electrons. The monoisotopic (exact) mass is 210 g/mol. The number of hydrogen-bond acceptors (Lipinski definition) is 2. The fraction of sp³-hybridized carbons (Fsp3) is 1.00. The molecule has 0 amide bonds. The van der Waals surface area contributed by atoms with Crippen LogP contribution in [-0.2, 0) is 0 Å². The first-order valence-corrected chi connectivity index (χ1v) is 6.81. The molecule has 2 aliphatic rings. The highest BCUT2D eigenvalue weighted by molar-refractivity contribution is 4.82. The van der Waals surface area contributed by atoms with Gasteiger partial charge in [-0.15, -0.1) is 0 Å². The lowest BCUT2D eigenvalue weighted by molar-refractivity contribution is 0.252. The maximum absolute atomic E-state index is 3.51. The molecular weight excluding hydrogens is 184 g/mol. The quantitative estimate of drug-likeness (QED) is 0.586. The summed E-state index contributed by atoms with van der Waals surface area (Å²) in [5, 5.41) is 3.51. The molecule has 0 heterocycles. The fourth-order valence-corrected chi connectivity index (χ4v) is 2.13. The van der Waals surface area contributed by atoms with Crippen LogP contribution in [0.3, 0.4) is 0 Å². The van der Waals surface area contributed by atoms with Crippen molar-refractivity contribution in [2.24, 2.45) is 11.8 Å². The summed E-state index contributed by atoms with van der Waals surface area (Å²) in [5.41, 5.74) is 0. The maximum Gasteiger partial charge on any atom is 0.0107 e. The lowest BCUT2D eigenvalue weighted by atomic mass is 10.3. The van der Waals surface area contributed by atoms with Crippen molar-refractivity contribution in [2.75, 3.05) is 32.7 Å². The second-order valence-electron chi connectivity index (χ2n) is 5.40. The summed E-state index contributed by atoms with van der Waals surface area (Å²) < 4.78 is 0.